The monoisotopic (exact) mass is 404 g/mol. The molecule has 0 bridgehead atoms. The minimum absolute atomic E-state index is 0.301. The number of hydrogen-bond acceptors (Lipinski definition) is 3. The first kappa shape index (κ1) is 16.9. The molecule has 0 unspecified atom stereocenters. The zero-order valence-corrected chi connectivity index (χ0v) is 15.8. The maximum atomic E-state index is 12.5. The van der Waals surface area contributed by atoms with Gasteiger partial charge in [-0.15, -0.1) is 0 Å². The van der Waals surface area contributed by atoms with Crippen molar-refractivity contribution >= 4 is 36.7 Å². The fourth-order valence-corrected chi connectivity index (χ4v) is 4.56. The summed E-state index contributed by atoms with van der Waals surface area (Å²) in [5.41, 5.74) is 3.42. The molecule has 2 aromatic rings. The Kier molecular flexibility index (Phi) is 4.60. The second-order valence-corrected chi connectivity index (χ2v) is 8.26. The number of halogens is 1. The molecule has 6 heteroatoms. The highest BCUT2D eigenvalue weighted by Gasteiger charge is 2.32. The summed E-state index contributed by atoms with van der Waals surface area (Å²) in [6.45, 7) is 4.17. The van der Waals surface area contributed by atoms with Gasteiger partial charge in [0.25, 0.3) is 10.0 Å². The Hall–Kier alpha value is -1.92. The number of aryl methyl sites for hydroxylation is 1. The molecule has 24 heavy (non-hydrogen) atoms. The summed E-state index contributed by atoms with van der Waals surface area (Å²) >= 11 is 3.42. The lowest BCUT2D eigenvalue weighted by Crippen LogP contribution is -2.23. The van der Waals surface area contributed by atoms with Gasteiger partial charge >= 0.3 is 0 Å². The molecule has 124 valence electrons. The van der Waals surface area contributed by atoms with Crippen LogP contribution in [0.5, 0.6) is 0 Å². The number of amidine groups is 1. The van der Waals surface area contributed by atoms with E-state index in [1.54, 1.807) is 6.92 Å². The second kappa shape index (κ2) is 6.53. The van der Waals surface area contributed by atoms with E-state index in [-0.39, 0.29) is 0 Å². The molecule has 1 aliphatic rings. The molecule has 0 saturated carbocycles. The van der Waals surface area contributed by atoms with Crippen LogP contribution in [0.4, 0.5) is 0 Å². The van der Waals surface area contributed by atoms with Crippen molar-refractivity contribution in [2.45, 2.75) is 20.4 Å². The summed E-state index contributed by atoms with van der Waals surface area (Å²) < 4.78 is 28.5. The smallest absolute Gasteiger partial charge is 0.263 e. The van der Waals surface area contributed by atoms with Gasteiger partial charge in [-0.1, -0.05) is 57.9 Å². The van der Waals surface area contributed by atoms with Crippen LogP contribution in [0, 0.1) is 6.92 Å². The highest BCUT2D eigenvalue weighted by Crippen LogP contribution is 2.30. The summed E-state index contributed by atoms with van der Waals surface area (Å²) in [4.78, 5) is 4.75. The minimum atomic E-state index is -3.57. The molecule has 3 rings (SSSR count). The molecule has 1 heterocycles. The van der Waals surface area contributed by atoms with Gasteiger partial charge in [0.1, 0.15) is 10.7 Å². The molecule has 2 aromatic carbocycles. The number of rotatable bonds is 3. The summed E-state index contributed by atoms with van der Waals surface area (Å²) in [7, 11) is -3.57. The van der Waals surface area contributed by atoms with Crippen LogP contribution in [0.1, 0.15) is 23.6 Å². The lowest BCUT2D eigenvalue weighted by atomic mass is 10.1. The van der Waals surface area contributed by atoms with Crippen molar-refractivity contribution in [3.05, 3.63) is 75.3 Å². The van der Waals surface area contributed by atoms with Crippen molar-refractivity contribution < 1.29 is 8.42 Å². The van der Waals surface area contributed by atoms with E-state index in [4.69, 9.17) is 0 Å². The minimum Gasteiger partial charge on any atom is -0.263 e. The first-order valence-electron chi connectivity index (χ1n) is 7.47. The molecule has 0 radical (unpaired) electrons. The fraction of sp³-hybridized carbons (Fsp3) is 0.167. The number of aliphatic imine (C=N–C) groups is 1. The van der Waals surface area contributed by atoms with Gasteiger partial charge in [0.05, 0.1) is 6.54 Å². The summed E-state index contributed by atoms with van der Waals surface area (Å²) in [6, 6.07) is 15.2. The van der Waals surface area contributed by atoms with Crippen LogP contribution < -0.4 is 4.72 Å². The first-order valence-corrected chi connectivity index (χ1v) is 9.74. The van der Waals surface area contributed by atoms with Crippen molar-refractivity contribution in [2.75, 3.05) is 0 Å². The molecule has 0 aliphatic carbocycles. The Labute approximate surface area is 150 Å². The largest absolute Gasteiger partial charge is 0.264 e. The molecule has 0 fully saturated rings. The van der Waals surface area contributed by atoms with E-state index in [1.807, 2.05) is 55.5 Å². The van der Waals surface area contributed by atoms with Crippen LogP contribution in [0.3, 0.4) is 0 Å². The summed E-state index contributed by atoms with van der Waals surface area (Å²) in [5, 5.41) is 0. The average molecular weight is 405 g/mol. The molecule has 4 nitrogen and oxygen atoms in total. The molecule has 1 aliphatic heterocycles. The maximum Gasteiger partial charge on any atom is 0.264 e. The Balaban J connectivity index is 1.96. The van der Waals surface area contributed by atoms with Crippen molar-refractivity contribution in [3.8, 4) is 0 Å². The summed E-state index contributed by atoms with van der Waals surface area (Å²) in [6.07, 6.45) is 0. The van der Waals surface area contributed by atoms with Crippen LogP contribution in [0.15, 0.2) is 63.6 Å². The number of nitrogens with one attached hydrogen (secondary N) is 1. The van der Waals surface area contributed by atoms with E-state index in [2.05, 4.69) is 25.6 Å². The van der Waals surface area contributed by atoms with Crippen molar-refractivity contribution in [3.63, 3.8) is 0 Å². The van der Waals surface area contributed by atoms with E-state index >= 15 is 0 Å². The third-order valence-corrected chi connectivity index (χ3v) is 5.85. The predicted molar refractivity (Wildman–Crippen MR) is 101 cm³/mol. The van der Waals surface area contributed by atoms with Crippen LogP contribution in [-0.2, 0) is 16.6 Å². The maximum absolute atomic E-state index is 12.5. The van der Waals surface area contributed by atoms with Gasteiger partial charge in [-0.25, -0.2) is 8.42 Å². The number of sulfonamides is 1. The molecule has 1 N–H and O–H groups in total. The predicted octanol–water partition coefficient (Wildman–Crippen LogP) is 4.02. The van der Waals surface area contributed by atoms with Crippen LogP contribution in [0.25, 0.3) is 4.91 Å². The Morgan fingerprint density at radius 1 is 1.08 bits per heavy atom. The standard InChI is InChI=1S/C18H17BrN2O2S/c1-12-6-8-15(9-7-12)17-13(2)18(21-24(17,22)23)20-11-14-4-3-5-16(19)10-14/h3-10H,11H2,1-2H3,(H,20,21). The molecule has 0 atom stereocenters. The Bertz CT molecular complexity index is 945. The fourth-order valence-electron chi connectivity index (χ4n) is 2.60. The highest BCUT2D eigenvalue weighted by atomic mass is 79.9. The van der Waals surface area contributed by atoms with E-state index in [1.165, 1.54) is 0 Å². The SMILES string of the molecule is CC1=C(c2ccc(C)cc2)S(=O)(=O)NC1=NCc1cccc(Br)c1. The van der Waals surface area contributed by atoms with Gasteiger partial charge in [-0.2, -0.15) is 0 Å². The number of nitrogens with zero attached hydrogens (tertiary/aromatic N) is 1. The van der Waals surface area contributed by atoms with Gasteiger partial charge < -0.3 is 0 Å². The van der Waals surface area contributed by atoms with Gasteiger partial charge in [0, 0.05) is 10.0 Å². The quantitative estimate of drug-likeness (QED) is 0.839. The lowest BCUT2D eigenvalue weighted by molar-refractivity contribution is 0.603. The third-order valence-electron chi connectivity index (χ3n) is 3.82. The van der Waals surface area contributed by atoms with Crippen LogP contribution in [-0.4, -0.2) is 14.3 Å². The van der Waals surface area contributed by atoms with Gasteiger partial charge in [-0.05, 0) is 37.1 Å². The van der Waals surface area contributed by atoms with E-state index in [9.17, 15) is 8.42 Å². The van der Waals surface area contributed by atoms with Crippen LogP contribution in [0.2, 0.25) is 0 Å². The number of benzene rings is 2. The first-order chi connectivity index (χ1) is 11.4. The van der Waals surface area contributed by atoms with Gasteiger partial charge in [0.2, 0.25) is 0 Å². The molecule has 0 spiro atoms. The Morgan fingerprint density at radius 3 is 2.46 bits per heavy atom. The molecule has 0 amide bonds. The lowest BCUT2D eigenvalue weighted by Gasteiger charge is -2.03. The normalized spacial score (nSPS) is 18.0. The highest BCUT2D eigenvalue weighted by molar-refractivity contribution is 9.10. The third kappa shape index (κ3) is 3.44. The zero-order chi connectivity index (χ0) is 17.3. The number of hydrogen-bond donors (Lipinski definition) is 1. The Morgan fingerprint density at radius 2 is 1.79 bits per heavy atom. The molecular formula is C18H17BrN2O2S. The second-order valence-electron chi connectivity index (χ2n) is 5.72. The van der Waals surface area contributed by atoms with Crippen molar-refractivity contribution in [2.24, 2.45) is 4.99 Å². The average Bonchev–Trinajstić information content (AvgIpc) is 2.76. The molecular weight excluding hydrogens is 388 g/mol. The van der Waals surface area contributed by atoms with Crippen molar-refractivity contribution in [1.29, 1.82) is 0 Å². The van der Waals surface area contributed by atoms with Gasteiger partial charge in [-0.3, -0.25) is 9.71 Å². The van der Waals surface area contributed by atoms with E-state index < -0.39 is 10.0 Å². The summed E-state index contributed by atoms with van der Waals surface area (Å²) in [5.74, 6) is 0.408. The van der Waals surface area contributed by atoms with E-state index in [0.717, 1.165) is 15.6 Å². The van der Waals surface area contributed by atoms with Crippen LogP contribution >= 0.6 is 15.9 Å². The molecule has 0 aromatic heterocycles. The van der Waals surface area contributed by atoms with E-state index in [0.29, 0.717) is 28.4 Å². The topological polar surface area (TPSA) is 58.5 Å². The van der Waals surface area contributed by atoms with Gasteiger partial charge in [0.15, 0.2) is 0 Å². The van der Waals surface area contributed by atoms with Crippen molar-refractivity contribution in [1.82, 2.24) is 4.72 Å². The zero-order valence-electron chi connectivity index (χ0n) is 13.4. The molecule has 0 saturated heterocycles.